The number of hydrogen-bond acceptors (Lipinski definition) is 2. The Morgan fingerprint density at radius 3 is 2.33 bits per heavy atom. The van der Waals surface area contributed by atoms with Gasteiger partial charge in [-0.1, -0.05) is 20.3 Å². The van der Waals surface area contributed by atoms with Crippen LogP contribution in [0.4, 0.5) is 8.78 Å². The molecule has 1 rings (SSSR count). The van der Waals surface area contributed by atoms with Crippen LogP contribution in [0.1, 0.15) is 25.8 Å². The van der Waals surface area contributed by atoms with E-state index in [1.807, 2.05) is 13.8 Å². The predicted molar refractivity (Wildman–Crippen MR) is 64.1 cm³/mol. The number of carbonyl (C=O) groups is 1. The van der Waals surface area contributed by atoms with E-state index >= 15 is 0 Å². The normalized spacial score (nSPS) is 14.2. The fourth-order valence-corrected chi connectivity index (χ4v) is 1.71. The topological polar surface area (TPSA) is 49.3 Å². The molecule has 1 aromatic rings. The van der Waals surface area contributed by atoms with Gasteiger partial charge in [-0.15, -0.1) is 0 Å². The lowest BCUT2D eigenvalue weighted by Crippen LogP contribution is -2.41. The van der Waals surface area contributed by atoms with Gasteiger partial charge in [-0.2, -0.15) is 0 Å². The molecular weight excluding hydrogens is 240 g/mol. The maximum atomic E-state index is 13.0. The molecule has 0 unspecified atom stereocenters. The summed E-state index contributed by atoms with van der Waals surface area (Å²) in [7, 11) is 0. The predicted octanol–water partition coefficient (Wildman–Crippen LogP) is 2.55. The molecule has 0 fully saturated rings. The van der Waals surface area contributed by atoms with Crippen molar-refractivity contribution < 1.29 is 18.7 Å². The summed E-state index contributed by atoms with van der Waals surface area (Å²) in [5, 5.41) is 11.9. The van der Waals surface area contributed by atoms with E-state index in [0.717, 1.165) is 6.07 Å². The zero-order valence-electron chi connectivity index (χ0n) is 10.4. The number of hydrogen-bond donors (Lipinski definition) is 2. The molecule has 5 heteroatoms. The third-order valence-corrected chi connectivity index (χ3v) is 2.93. The number of carboxylic acid groups (broad SMARTS) is 1. The number of benzene rings is 1. The van der Waals surface area contributed by atoms with Crippen LogP contribution in [0.3, 0.4) is 0 Å². The van der Waals surface area contributed by atoms with Gasteiger partial charge in [0.05, 0.1) is 0 Å². The van der Waals surface area contributed by atoms with Gasteiger partial charge in [0.2, 0.25) is 0 Å². The second-order valence-corrected chi connectivity index (χ2v) is 4.36. The Bertz CT molecular complexity index is 403. The van der Waals surface area contributed by atoms with E-state index in [9.17, 15) is 13.6 Å². The van der Waals surface area contributed by atoms with Gasteiger partial charge in [0.1, 0.15) is 17.7 Å². The molecule has 0 bridgehead atoms. The standard InChI is InChI=1S/C13H17F2NO2/c1-3-8(2)12(13(17)18)16-7-9-4-10(14)6-11(15)5-9/h4-6,8,12,16H,3,7H2,1-2H3,(H,17,18)/t8-,12-/m0/s1. The van der Waals surface area contributed by atoms with Gasteiger partial charge in [0.25, 0.3) is 0 Å². The summed E-state index contributed by atoms with van der Waals surface area (Å²) in [6.45, 7) is 3.83. The first kappa shape index (κ1) is 14.6. The third-order valence-electron chi connectivity index (χ3n) is 2.93. The molecule has 2 atom stereocenters. The Hall–Kier alpha value is -1.49. The summed E-state index contributed by atoms with van der Waals surface area (Å²) in [5.41, 5.74) is 0.391. The van der Waals surface area contributed by atoms with Crippen LogP contribution >= 0.6 is 0 Å². The third kappa shape index (κ3) is 4.07. The van der Waals surface area contributed by atoms with Gasteiger partial charge in [-0.3, -0.25) is 4.79 Å². The number of aliphatic carboxylic acids is 1. The SMILES string of the molecule is CC[C@H](C)[C@H](NCc1cc(F)cc(F)c1)C(=O)O. The molecular formula is C13H17F2NO2. The molecule has 0 saturated carbocycles. The minimum Gasteiger partial charge on any atom is -0.480 e. The lowest BCUT2D eigenvalue weighted by molar-refractivity contribution is -0.140. The lowest BCUT2D eigenvalue weighted by Gasteiger charge is -2.20. The van der Waals surface area contributed by atoms with E-state index in [1.165, 1.54) is 12.1 Å². The van der Waals surface area contributed by atoms with Gasteiger partial charge >= 0.3 is 5.97 Å². The van der Waals surface area contributed by atoms with Gasteiger partial charge in [0.15, 0.2) is 0 Å². The van der Waals surface area contributed by atoms with Crippen molar-refractivity contribution in [3.05, 3.63) is 35.4 Å². The van der Waals surface area contributed by atoms with Gasteiger partial charge < -0.3 is 10.4 Å². The van der Waals surface area contributed by atoms with Crippen molar-refractivity contribution in [2.75, 3.05) is 0 Å². The van der Waals surface area contributed by atoms with Crippen LogP contribution in [0.2, 0.25) is 0 Å². The molecule has 1 aromatic carbocycles. The van der Waals surface area contributed by atoms with Crippen LogP contribution < -0.4 is 5.32 Å². The van der Waals surface area contributed by atoms with E-state index in [2.05, 4.69) is 5.32 Å². The zero-order chi connectivity index (χ0) is 13.7. The quantitative estimate of drug-likeness (QED) is 0.823. The van der Waals surface area contributed by atoms with Crippen LogP contribution in [0.25, 0.3) is 0 Å². The smallest absolute Gasteiger partial charge is 0.320 e. The minimum atomic E-state index is -0.957. The van der Waals surface area contributed by atoms with Crippen molar-refractivity contribution in [3.63, 3.8) is 0 Å². The van der Waals surface area contributed by atoms with E-state index in [1.54, 1.807) is 0 Å². The van der Waals surface area contributed by atoms with Crippen LogP contribution in [0.15, 0.2) is 18.2 Å². The Morgan fingerprint density at radius 2 is 1.89 bits per heavy atom. The van der Waals surface area contributed by atoms with Crippen LogP contribution in [0.5, 0.6) is 0 Å². The number of nitrogens with one attached hydrogen (secondary N) is 1. The van der Waals surface area contributed by atoms with E-state index in [0.29, 0.717) is 12.0 Å². The summed E-state index contributed by atoms with van der Waals surface area (Å²) >= 11 is 0. The van der Waals surface area contributed by atoms with Crippen molar-refractivity contribution in [2.24, 2.45) is 5.92 Å². The molecule has 0 aliphatic heterocycles. The highest BCUT2D eigenvalue weighted by molar-refractivity contribution is 5.73. The molecule has 0 aromatic heterocycles. The average molecular weight is 257 g/mol. The van der Waals surface area contributed by atoms with Crippen molar-refractivity contribution in [1.29, 1.82) is 0 Å². The molecule has 3 nitrogen and oxygen atoms in total. The highest BCUT2D eigenvalue weighted by atomic mass is 19.1. The Morgan fingerprint density at radius 1 is 1.33 bits per heavy atom. The lowest BCUT2D eigenvalue weighted by atomic mass is 9.99. The van der Waals surface area contributed by atoms with E-state index in [4.69, 9.17) is 5.11 Å². The molecule has 0 saturated heterocycles. The molecule has 0 aliphatic rings. The van der Waals surface area contributed by atoms with Crippen LogP contribution in [0, 0.1) is 17.6 Å². The number of halogens is 2. The first-order chi connectivity index (χ1) is 8.43. The average Bonchev–Trinajstić information content (AvgIpc) is 2.27. The van der Waals surface area contributed by atoms with Gasteiger partial charge in [0, 0.05) is 12.6 Å². The second kappa shape index (κ2) is 6.44. The van der Waals surface area contributed by atoms with Crippen molar-refractivity contribution in [3.8, 4) is 0 Å². The van der Waals surface area contributed by atoms with Crippen molar-refractivity contribution in [2.45, 2.75) is 32.9 Å². The Kier molecular flexibility index (Phi) is 5.22. The summed E-state index contributed by atoms with van der Waals surface area (Å²) in [4.78, 5) is 11.0. The molecule has 0 radical (unpaired) electrons. The maximum absolute atomic E-state index is 13.0. The maximum Gasteiger partial charge on any atom is 0.320 e. The summed E-state index contributed by atoms with van der Waals surface area (Å²) in [6, 6.07) is 2.44. The highest BCUT2D eigenvalue weighted by Gasteiger charge is 2.22. The largest absolute Gasteiger partial charge is 0.480 e. The second-order valence-electron chi connectivity index (χ2n) is 4.36. The van der Waals surface area contributed by atoms with Crippen molar-refractivity contribution >= 4 is 5.97 Å². The highest BCUT2D eigenvalue weighted by Crippen LogP contribution is 2.11. The first-order valence-corrected chi connectivity index (χ1v) is 5.85. The summed E-state index contributed by atoms with van der Waals surface area (Å²) < 4.78 is 25.9. The van der Waals surface area contributed by atoms with Gasteiger partial charge in [-0.05, 0) is 23.6 Å². The van der Waals surface area contributed by atoms with Gasteiger partial charge in [-0.25, -0.2) is 8.78 Å². The molecule has 0 heterocycles. The first-order valence-electron chi connectivity index (χ1n) is 5.85. The summed E-state index contributed by atoms with van der Waals surface area (Å²) in [6.07, 6.45) is 0.710. The molecule has 0 amide bonds. The van der Waals surface area contributed by atoms with E-state index in [-0.39, 0.29) is 12.5 Å². The molecule has 0 aliphatic carbocycles. The Labute approximate surface area is 105 Å². The Balaban J connectivity index is 2.69. The number of rotatable bonds is 6. The molecule has 2 N–H and O–H groups in total. The number of carboxylic acids is 1. The minimum absolute atomic E-state index is 0.0547. The molecule has 0 spiro atoms. The molecule has 18 heavy (non-hydrogen) atoms. The fraction of sp³-hybridized carbons (Fsp3) is 0.462. The van der Waals surface area contributed by atoms with Crippen LogP contribution in [-0.4, -0.2) is 17.1 Å². The molecule has 100 valence electrons. The summed E-state index contributed by atoms with van der Waals surface area (Å²) in [5.74, 6) is -2.34. The fourth-order valence-electron chi connectivity index (χ4n) is 1.71. The monoisotopic (exact) mass is 257 g/mol. The van der Waals surface area contributed by atoms with E-state index < -0.39 is 23.6 Å². The van der Waals surface area contributed by atoms with Crippen LogP contribution in [-0.2, 0) is 11.3 Å². The van der Waals surface area contributed by atoms with Crippen molar-refractivity contribution in [1.82, 2.24) is 5.32 Å². The zero-order valence-corrected chi connectivity index (χ0v) is 10.4.